The third kappa shape index (κ3) is 16.3. The standard InChI is InChI=1S/C24H46O7/c1-2-3-4-5-6-7-8-9-10-11-12-13-14-15-16-17-22(29)31-24(21(28)19-26)23(30)20(27)18-25/h9-10,20-21,23-28,30H,2-8,11-19H2,1H3/b10-9-/t20-,21+,23+,24+/m0/s1. The molecule has 5 N–H and O–H groups in total. The van der Waals surface area contributed by atoms with Gasteiger partial charge in [0.2, 0.25) is 0 Å². The van der Waals surface area contributed by atoms with Crippen molar-refractivity contribution < 1.29 is 35.1 Å². The lowest BCUT2D eigenvalue weighted by Crippen LogP contribution is -2.49. The third-order valence-electron chi connectivity index (χ3n) is 5.39. The number of rotatable bonds is 21. The highest BCUT2D eigenvalue weighted by molar-refractivity contribution is 5.69. The summed E-state index contributed by atoms with van der Waals surface area (Å²) >= 11 is 0. The van der Waals surface area contributed by atoms with Crippen molar-refractivity contribution in [3.05, 3.63) is 12.2 Å². The lowest BCUT2D eigenvalue weighted by atomic mass is 10.0. The highest BCUT2D eigenvalue weighted by atomic mass is 16.6. The van der Waals surface area contributed by atoms with Gasteiger partial charge in [-0.25, -0.2) is 0 Å². The molecule has 0 aliphatic rings. The van der Waals surface area contributed by atoms with E-state index < -0.39 is 43.6 Å². The van der Waals surface area contributed by atoms with Crippen LogP contribution in [0.3, 0.4) is 0 Å². The smallest absolute Gasteiger partial charge is 0.306 e. The van der Waals surface area contributed by atoms with Crippen molar-refractivity contribution in [3.8, 4) is 0 Å². The summed E-state index contributed by atoms with van der Waals surface area (Å²) < 4.78 is 5.03. The molecule has 0 aliphatic heterocycles. The number of esters is 1. The van der Waals surface area contributed by atoms with Gasteiger partial charge in [0.1, 0.15) is 18.3 Å². The van der Waals surface area contributed by atoms with Gasteiger partial charge < -0.3 is 30.3 Å². The van der Waals surface area contributed by atoms with Gasteiger partial charge in [-0.15, -0.1) is 0 Å². The van der Waals surface area contributed by atoms with E-state index in [1.807, 2.05) is 0 Å². The Morgan fingerprint density at radius 1 is 0.742 bits per heavy atom. The highest BCUT2D eigenvalue weighted by Crippen LogP contribution is 2.14. The second-order valence-corrected chi connectivity index (χ2v) is 8.28. The fourth-order valence-corrected chi connectivity index (χ4v) is 3.36. The van der Waals surface area contributed by atoms with E-state index in [4.69, 9.17) is 14.9 Å². The van der Waals surface area contributed by atoms with Gasteiger partial charge in [-0.2, -0.15) is 0 Å². The summed E-state index contributed by atoms with van der Waals surface area (Å²) in [6, 6.07) is 0. The van der Waals surface area contributed by atoms with Crippen LogP contribution in [0.4, 0.5) is 0 Å². The Morgan fingerprint density at radius 3 is 1.74 bits per heavy atom. The van der Waals surface area contributed by atoms with Gasteiger partial charge in [0.05, 0.1) is 13.2 Å². The zero-order valence-electron chi connectivity index (χ0n) is 19.3. The van der Waals surface area contributed by atoms with Gasteiger partial charge in [-0.1, -0.05) is 70.4 Å². The van der Waals surface area contributed by atoms with Crippen molar-refractivity contribution in [2.24, 2.45) is 0 Å². The Labute approximate surface area is 188 Å². The molecule has 7 heteroatoms. The average molecular weight is 447 g/mol. The molecule has 0 fully saturated rings. The Bertz CT molecular complexity index is 442. The molecular formula is C24H46O7. The predicted octanol–water partition coefficient (Wildman–Crippen LogP) is 3.00. The number of carbonyl (C=O) groups excluding carboxylic acids is 1. The largest absolute Gasteiger partial charge is 0.457 e. The van der Waals surface area contributed by atoms with Gasteiger partial charge in [0.15, 0.2) is 6.10 Å². The van der Waals surface area contributed by atoms with E-state index in [0.29, 0.717) is 6.42 Å². The number of unbranched alkanes of at least 4 members (excludes halogenated alkanes) is 11. The number of allylic oxidation sites excluding steroid dienone is 2. The first kappa shape index (κ1) is 30.0. The first-order valence-electron chi connectivity index (χ1n) is 12.1. The number of aliphatic hydroxyl groups is 5. The number of aliphatic hydroxyl groups excluding tert-OH is 5. The van der Waals surface area contributed by atoms with Crippen LogP contribution >= 0.6 is 0 Å². The summed E-state index contributed by atoms with van der Waals surface area (Å²) in [5.74, 6) is -0.612. The van der Waals surface area contributed by atoms with Crippen molar-refractivity contribution in [2.75, 3.05) is 13.2 Å². The molecule has 4 atom stereocenters. The number of carbonyl (C=O) groups is 1. The molecule has 0 bridgehead atoms. The Hall–Kier alpha value is -0.990. The van der Waals surface area contributed by atoms with Gasteiger partial charge in [0, 0.05) is 6.42 Å². The lowest BCUT2D eigenvalue weighted by molar-refractivity contribution is -0.177. The average Bonchev–Trinajstić information content (AvgIpc) is 2.78. The van der Waals surface area contributed by atoms with Gasteiger partial charge in [0.25, 0.3) is 0 Å². The molecule has 0 saturated heterocycles. The van der Waals surface area contributed by atoms with Crippen molar-refractivity contribution in [1.82, 2.24) is 0 Å². The van der Waals surface area contributed by atoms with Crippen LogP contribution in [-0.4, -0.2) is 69.1 Å². The third-order valence-corrected chi connectivity index (χ3v) is 5.39. The predicted molar refractivity (Wildman–Crippen MR) is 122 cm³/mol. The monoisotopic (exact) mass is 446 g/mol. The van der Waals surface area contributed by atoms with Crippen LogP contribution in [0.5, 0.6) is 0 Å². The minimum absolute atomic E-state index is 0.134. The molecule has 7 nitrogen and oxygen atoms in total. The van der Waals surface area contributed by atoms with Gasteiger partial charge >= 0.3 is 5.97 Å². The van der Waals surface area contributed by atoms with Gasteiger partial charge in [-0.05, 0) is 32.1 Å². The molecule has 0 rings (SSSR count). The molecule has 31 heavy (non-hydrogen) atoms. The van der Waals surface area contributed by atoms with Crippen LogP contribution < -0.4 is 0 Å². The minimum Gasteiger partial charge on any atom is -0.457 e. The SMILES string of the molecule is CCCCCCCC/C=C\CCCCCCCC(=O)O[C@@H]([C@H](O)[C@@H](O)CO)[C@H](O)CO. The first-order valence-corrected chi connectivity index (χ1v) is 12.1. The quantitative estimate of drug-likeness (QED) is 0.104. The summed E-state index contributed by atoms with van der Waals surface area (Å²) in [6.07, 6.45) is 13.4. The van der Waals surface area contributed by atoms with Crippen LogP contribution in [0.25, 0.3) is 0 Å². The van der Waals surface area contributed by atoms with Crippen LogP contribution in [0, 0.1) is 0 Å². The Kier molecular flexibility index (Phi) is 20.2. The number of hydrogen-bond acceptors (Lipinski definition) is 7. The molecule has 0 radical (unpaired) electrons. The Balaban J connectivity index is 3.76. The topological polar surface area (TPSA) is 127 Å². The number of hydrogen-bond donors (Lipinski definition) is 5. The van der Waals surface area contributed by atoms with E-state index in [9.17, 15) is 20.1 Å². The highest BCUT2D eigenvalue weighted by Gasteiger charge is 2.34. The Morgan fingerprint density at radius 2 is 1.23 bits per heavy atom. The molecule has 0 unspecified atom stereocenters. The summed E-state index contributed by atoms with van der Waals surface area (Å²) in [6.45, 7) is 0.751. The van der Waals surface area contributed by atoms with Crippen molar-refractivity contribution in [2.45, 2.75) is 121 Å². The van der Waals surface area contributed by atoms with E-state index >= 15 is 0 Å². The molecule has 0 aromatic heterocycles. The van der Waals surface area contributed by atoms with E-state index in [1.54, 1.807) is 0 Å². The summed E-state index contributed by atoms with van der Waals surface area (Å²) in [7, 11) is 0. The summed E-state index contributed by atoms with van der Waals surface area (Å²) in [4.78, 5) is 11.9. The van der Waals surface area contributed by atoms with Crippen LogP contribution in [-0.2, 0) is 9.53 Å². The van der Waals surface area contributed by atoms with E-state index in [1.165, 1.54) is 44.9 Å². The normalized spacial score (nSPS) is 15.7. The zero-order chi connectivity index (χ0) is 23.3. The first-order chi connectivity index (χ1) is 15.0. The maximum Gasteiger partial charge on any atom is 0.306 e. The maximum absolute atomic E-state index is 11.9. The molecule has 184 valence electrons. The lowest BCUT2D eigenvalue weighted by Gasteiger charge is -2.28. The molecular weight excluding hydrogens is 400 g/mol. The summed E-state index contributed by atoms with van der Waals surface area (Å²) in [5, 5.41) is 47.0. The minimum atomic E-state index is -1.68. The molecule has 0 aromatic carbocycles. The van der Waals surface area contributed by atoms with E-state index in [-0.39, 0.29) is 6.42 Å². The van der Waals surface area contributed by atoms with Gasteiger partial charge in [-0.3, -0.25) is 4.79 Å². The molecule has 0 spiro atoms. The fourth-order valence-electron chi connectivity index (χ4n) is 3.36. The fraction of sp³-hybridized carbons (Fsp3) is 0.875. The van der Waals surface area contributed by atoms with Crippen molar-refractivity contribution in [1.29, 1.82) is 0 Å². The van der Waals surface area contributed by atoms with Crippen LogP contribution in [0.1, 0.15) is 96.8 Å². The second kappa shape index (κ2) is 20.9. The molecule has 0 heterocycles. The van der Waals surface area contributed by atoms with Crippen molar-refractivity contribution in [3.63, 3.8) is 0 Å². The maximum atomic E-state index is 11.9. The second-order valence-electron chi connectivity index (χ2n) is 8.28. The van der Waals surface area contributed by atoms with Crippen LogP contribution in [0.15, 0.2) is 12.2 Å². The van der Waals surface area contributed by atoms with Crippen molar-refractivity contribution >= 4 is 5.97 Å². The number of ether oxygens (including phenoxy) is 1. The van der Waals surface area contributed by atoms with Crippen LogP contribution in [0.2, 0.25) is 0 Å². The summed E-state index contributed by atoms with van der Waals surface area (Å²) in [5.41, 5.74) is 0. The molecule has 0 aromatic rings. The zero-order valence-corrected chi connectivity index (χ0v) is 19.3. The molecule has 0 aliphatic carbocycles. The molecule has 0 saturated carbocycles. The molecule has 0 amide bonds. The van der Waals surface area contributed by atoms with E-state index in [2.05, 4.69) is 19.1 Å². The van der Waals surface area contributed by atoms with E-state index in [0.717, 1.165) is 32.1 Å².